The molecule has 1 unspecified atom stereocenters. The third-order valence-corrected chi connectivity index (χ3v) is 5.06. The van der Waals surface area contributed by atoms with Gasteiger partial charge in [-0.15, -0.1) is 0 Å². The van der Waals surface area contributed by atoms with Gasteiger partial charge in [0.15, 0.2) is 0 Å². The summed E-state index contributed by atoms with van der Waals surface area (Å²) in [5.41, 5.74) is 3.56. The van der Waals surface area contributed by atoms with Crippen LogP contribution in [0.4, 0.5) is 5.69 Å². The quantitative estimate of drug-likeness (QED) is 0.611. The molecule has 5 heteroatoms. The van der Waals surface area contributed by atoms with Crippen LogP contribution in [0.2, 0.25) is 15.1 Å². The molecule has 0 saturated carbocycles. The molecular weight excluding hydrogens is 392 g/mol. The van der Waals surface area contributed by atoms with Gasteiger partial charge in [0.1, 0.15) is 0 Å². The molecule has 0 aliphatic heterocycles. The van der Waals surface area contributed by atoms with Crippen molar-refractivity contribution >= 4 is 56.4 Å². The van der Waals surface area contributed by atoms with Crippen molar-refractivity contribution < 1.29 is 0 Å². The summed E-state index contributed by atoms with van der Waals surface area (Å²) in [5, 5.41) is 5.14. The van der Waals surface area contributed by atoms with Crippen molar-refractivity contribution in [2.24, 2.45) is 0 Å². The van der Waals surface area contributed by atoms with E-state index in [2.05, 4.69) is 39.4 Å². The van der Waals surface area contributed by atoms with Gasteiger partial charge in [-0.3, -0.25) is 0 Å². The normalized spacial score (nSPS) is 17.4. The van der Waals surface area contributed by atoms with E-state index in [0.717, 1.165) is 29.4 Å². The van der Waals surface area contributed by atoms with Gasteiger partial charge in [-0.1, -0.05) is 56.8 Å². The lowest BCUT2D eigenvalue weighted by Gasteiger charge is -2.27. The van der Waals surface area contributed by atoms with Gasteiger partial charge in [-0.05, 0) is 54.7 Å². The Morgan fingerprint density at radius 3 is 2.43 bits per heavy atom. The molecule has 1 nitrogen and oxygen atoms in total. The van der Waals surface area contributed by atoms with Gasteiger partial charge < -0.3 is 5.32 Å². The minimum absolute atomic E-state index is 0.329. The first kappa shape index (κ1) is 15.5. The number of aryl methyl sites for hydroxylation is 1. The van der Waals surface area contributed by atoms with E-state index in [-0.39, 0.29) is 0 Å². The maximum absolute atomic E-state index is 6.24. The van der Waals surface area contributed by atoms with Crippen LogP contribution in [-0.4, -0.2) is 6.04 Å². The largest absolute Gasteiger partial charge is 0.380 e. The molecule has 0 fully saturated rings. The first-order valence-corrected chi connectivity index (χ1v) is 8.64. The van der Waals surface area contributed by atoms with E-state index in [4.69, 9.17) is 34.8 Å². The SMILES string of the molecule is Clc1cc(Cl)c(NC2CCc3cc(Br)ccc3C2)c(Cl)c1. The average molecular weight is 406 g/mol. The van der Waals surface area contributed by atoms with Crippen LogP contribution in [0.5, 0.6) is 0 Å². The molecule has 0 heterocycles. The predicted molar refractivity (Wildman–Crippen MR) is 95.0 cm³/mol. The van der Waals surface area contributed by atoms with E-state index >= 15 is 0 Å². The van der Waals surface area contributed by atoms with E-state index < -0.39 is 0 Å². The Kier molecular flexibility index (Phi) is 4.70. The highest BCUT2D eigenvalue weighted by Gasteiger charge is 2.20. The van der Waals surface area contributed by atoms with Crippen LogP contribution in [0.25, 0.3) is 0 Å². The monoisotopic (exact) mass is 403 g/mol. The topological polar surface area (TPSA) is 12.0 Å². The maximum Gasteiger partial charge on any atom is 0.0722 e. The fourth-order valence-corrected chi connectivity index (χ4v) is 4.07. The van der Waals surface area contributed by atoms with Crippen LogP contribution < -0.4 is 5.32 Å². The van der Waals surface area contributed by atoms with Crippen molar-refractivity contribution in [2.75, 3.05) is 5.32 Å². The zero-order valence-electron chi connectivity index (χ0n) is 11.1. The van der Waals surface area contributed by atoms with Gasteiger partial charge in [0.05, 0.1) is 15.7 Å². The minimum atomic E-state index is 0.329. The zero-order valence-corrected chi connectivity index (χ0v) is 15.0. The summed E-state index contributed by atoms with van der Waals surface area (Å²) >= 11 is 21.9. The highest BCUT2D eigenvalue weighted by Crippen LogP contribution is 2.35. The van der Waals surface area contributed by atoms with Gasteiger partial charge in [-0.2, -0.15) is 0 Å². The lowest BCUT2D eigenvalue weighted by molar-refractivity contribution is 0.611. The summed E-state index contributed by atoms with van der Waals surface area (Å²) in [6, 6.07) is 10.2. The molecule has 2 aromatic rings. The molecule has 0 aromatic heterocycles. The van der Waals surface area contributed by atoms with Crippen molar-refractivity contribution in [3.8, 4) is 0 Å². The Morgan fingerprint density at radius 1 is 1.00 bits per heavy atom. The molecule has 1 aliphatic rings. The second-order valence-electron chi connectivity index (χ2n) is 5.24. The molecular formula is C16H13BrCl3N. The summed E-state index contributed by atoms with van der Waals surface area (Å²) in [7, 11) is 0. The number of fused-ring (bicyclic) bond motifs is 1. The Morgan fingerprint density at radius 2 is 1.71 bits per heavy atom. The minimum Gasteiger partial charge on any atom is -0.380 e. The summed E-state index contributed by atoms with van der Waals surface area (Å²) in [5.74, 6) is 0. The average Bonchev–Trinajstić information content (AvgIpc) is 2.43. The van der Waals surface area contributed by atoms with Gasteiger partial charge in [0.25, 0.3) is 0 Å². The van der Waals surface area contributed by atoms with Crippen LogP contribution >= 0.6 is 50.7 Å². The smallest absolute Gasteiger partial charge is 0.0722 e. The summed E-state index contributed by atoms with van der Waals surface area (Å²) < 4.78 is 1.14. The third-order valence-electron chi connectivity index (χ3n) is 3.75. The standard InChI is InChI=1S/C16H13BrCl3N/c17-11-3-1-10-6-13(4-2-9(10)5-11)21-16-14(19)7-12(18)8-15(16)20/h1,3,5,7-8,13,21H,2,4,6H2. The van der Waals surface area contributed by atoms with Crippen LogP contribution in [0, 0.1) is 0 Å². The van der Waals surface area contributed by atoms with Gasteiger partial charge >= 0.3 is 0 Å². The highest BCUT2D eigenvalue weighted by molar-refractivity contribution is 9.10. The molecule has 0 bridgehead atoms. The summed E-state index contributed by atoms with van der Waals surface area (Å²) in [4.78, 5) is 0. The molecule has 21 heavy (non-hydrogen) atoms. The first-order chi connectivity index (χ1) is 10.0. The van der Waals surface area contributed by atoms with E-state index in [1.165, 1.54) is 11.1 Å². The molecule has 0 radical (unpaired) electrons. The Balaban J connectivity index is 1.80. The number of halogens is 4. The number of benzene rings is 2. The number of rotatable bonds is 2. The zero-order chi connectivity index (χ0) is 15.0. The van der Waals surface area contributed by atoms with Crippen molar-refractivity contribution in [1.82, 2.24) is 0 Å². The fourth-order valence-electron chi connectivity index (χ4n) is 2.73. The van der Waals surface area contributed by atoms with Gasteiger partial charge in [0.2, 0.25) is 0 Å². The van der Waals surface area contributed by atoms with E-state index in [0.29, 0.717) is 21.1 Å². The number of hydrogen-bond acceptors (Lipinski definition) is 1. The third kappa shape index (κ3) is 3.50. The van der Waals surface area contributed by atoms with Gasteiger partial charge in [0, 0.05) is 15.5 Å². The van der Waals surface area contributed by atoms with Crippen LogP contribution in [0.15, 0.2) is 34.8 Å². The number of hydrogen-bond donors (Lipinski definition) is 1. The molecule has 1 N–H and O–H groups in total. The van der Waals surface area contributed by atoms with Crippen molar-refractivity contribution in [3.63, 3.8) is 0 Å². The second-order valence-corrected chi connectivity index (χ2v) is 7.41. The lowest BCUT2D eigenvalue weighted by Crippen LogP contribution is -2.27. The fraction of sp³-hybridized carbons (Fsp3) is 0.250. The summed E-state index contributed by atoms with van der Waals surface area (Å²) in [6.07, 6.45) is 3.08. The Labute approximate surface area is 147 Å². The van der Waals surface area contributed by atoms with Crippen molar-refractivity contribution in [3.05, 3.63) is 61.0 Å². The summed E-state index contributed by atoms with van der Waals surface area (Å²) in [6.45, 7) is 0. The molecule has 2 aromatic carbocycles. The number of anilines is 1. The van der Waals surface area contributed by atoms with Crippen LogP contribution in [-0.2, 0) is 12.8 Å². The lowest BCUT2D eigenvalue weighted by atomic mass is 9.88. The van der Waals surface area contributed by atoms with Crippen LogP contribution in [0.3, 0.4) is 0 Å². The molecule has 0 amide bonds. The molecule has 0 saturated heterocycles. The molecule has 1 atom stereocenters. The highest BCUT2D eigenvalue weighted by atomic mass is 79.9. The van der Waals surface area contributed by atoms with Crippen LogP contribution in [0.1, 0.15) is 17.5 Å². The Hall–Kier alpha value is -0.410. The van der Waals surface area contributed by atoms with E-state index in [1.54, 1.807) is 12.1 Å². The predicted octanol–water partition coefficient (Wildman–Crippen LogP) is 6.38. The van der Waals surface area contributed by atoms with E-state index in [1.807, 2.05) is 0 Å². The molecule has 1 aliphatic carbocycles. The molecule has 110 valence electrons. The van der Waals surface area contributed by atoms with Gasteiger partial charge in [-0.25, -0.2) is 0 Å². The van der Waals surface area contributed by atoms with Crippen molar-refractivity contribution in [1.29, 1.82) is 0 Å². The maximum atomic E-state index is 6.24. The van der Waals surface area contributed by atoms with Crippen molar-refractivity contribution in [2.45, 2.75) is 25.3 Å². The first-order valence-electron chi connectivity index (χ1n) is 6.71. The van der Waals surface area contributed by atoms with E-state index in [9.17, 15) is 0 Å². The second kappa shape index (κ2) is 6.37. The number of nitrogens with one attached hydrogen (secondary N) is 1. The Bertz CT molecular complexity index is 664. The molecule has 0 spiro atoms. The molecule has 3 rings (SSSR count).